The number of nitrogens with one attached hydrogen (secondary N) is 1. The molecule has 1 N–H and O–H groups in total. The predicted octanol–water partition coefficient (Wildman–Crippen LogP) is 0.0493. The van der Waals surface area contributed by atoms with Gasteiger partial charge in [-0.25, -0.2) is 0 Å². The third kappa shape index (κ3) is 0.584. The van der Waals surface area contributed by atoms with Gasteiger partial charge in [0.25, 0.3) is 0 Å². The lowest BCUT2D eigenvalue weighted by atomic mass is 10.2. The Kier molecular flexibility index (Phi) is 1.03. The Labute approximate surface area is 53.0 Å². The summed E-state index contributed by atoms with van der Waals surface area (Å²) in [5.74, 6) is 1.18. The molecule has 2 aliphatic rings. The number of thioether (sulfide) groups is 1. The second kappa shape index (κ2) is 1.62. The highest BCUT2D eigenvalue weighted by Crippen LogP contribution is 2.35. The van der Waals surface area contributed by atoms with Crippen LogP contribution < -0.4 is 5.32 Å². The van der Waals surface area contributed by atoms with Crippen LogP contribution in [0.2, 0.25) is 0 Å². The van der Waals surface area contributed by atoms with Gasteiger partial charge in [-0.15, -0.1) is 11.8 Å². The van der Waals surface area contributed by atoms with E-state index in [4.69, 9.17) is 4.74 Å². The Morgan fingerprint density at radius 1 is 1.50 bits per heavy atom. The Balaban J connectivity index is 2.01. The van der Waals surface area contributed by atoms with Gasteiger partial charge in [-0.05, 0) is 0 Å². The van der Waals surface area contributed by atoms with Crippen molar-refractivity contribution in [1.82, 2.24) is 5.32 Å². The van der Waals surface area contributed by atoms with E-state index < -0.39 is 0 Å². The molecule has 2 heterocycles. The summed E-state index contributed by atoms with van der Waals surface area (Å²) in [7, 11) is 0. The molecule has 0 saturated carbocycles. The Hall–Kier alpha value is 0.270. The summed E-state index contributed by atoms with van der Waals surface area (Å²) in [4.78, 5) is 0.222. The van der Waals surface area contributed by atoms with Gasteiger partial charge in [0.15, 0.2) is 0 Å². The molecule has 0 aromatic heterocycles. The smallest absolute Gasteiger partial charge is 0.138 e. The lowest BCUT2D eigenvalue weighted by molar-refractivity contribution is 0.0134. The summed E-state index contributed by atoms with van der Waals surface area (Å²) < 4.78 is 5.48. The summed E-state index contributed by atoms with van der Waals surface area (Å²) in [6.45, 7) is 3.06. The molecule has 2 aliphatic heterocycles. The monoisotopic (exact) mass is 131 g/mol. The molecule has 8 heavy (non-hydrogen) atoms. The molecule has 0 bridgehead atoms. The minimum atomic E-state index is 0.222. The standard InChI is InChI=1S/C5H9NOS/c1-2-8-5(7-1)3-6-4-5/h6H,1-4H2. The van der Waals surface area contributed by atoms with Crippen molar-refractivity contribution in [2.75, 3.05) is 25.4 Å². The van der Waals surface area contributed by atoms with Crippen LogP contribution in [-0.4, -0.2) is 30.4 Å². The maximum absolute atomic E-state index is 5.48. The zero-order valence-corrected chi connectivity index (χ0v) is 5.46. The fourth-order valence-electron chi connectivity index (χ4n) is 1.03. The first-order chi connectivity index (χ1) is 3.91. The van der Waals surface area contributed by atoms with Gasteiger partial charge in [0.2, 0.25) is 0 Å². The zero-order chi connectivity index (χ0) is 5.45. The Morgan fingerprint density at radius 3 is 2.62 bits per heavy atom. The molecule has 2 nitrogen and oxygen atoms in total. The number of rotatable bonds is 0. The quantitative estimate of drug-likeness (QED) is 0.502. The van der Waals surface area contributed by atoms with Gasteiger partial charge in [-0.3, -0.25) is 0 Å². The van der Waals surface area contributed by atoms with E-state index in [9.17, 15) is 0 Å². The average Bonchev–Trinajstić information content (AvgIpc) is 2.07. The summed E-state index contributed by atoms with van der Waals surface area (Å²) in [6, 6.07) is 0. The normalized spacial score (nSPS) is 33.0. The van der Waals surface area contributed by atoms with Crippen LogP contribution in [0.5, 0.6) is 0 Å². The van der Waals surface area contributed by atoms with Gasteiger partial charge in [-0.2, -0.15) is 0 Å². The van der Waals surface area contributed by atoms with Crippen LogP contribution in [0.4, 0.5) is 0 Å². The van der Waals surface area contributed by atoms with Crippen LogP contribution >= 0.6 is 11.8 Å². The van der Waals surface area contributed by atoms with Crippen LogP contribution in [0.25, 0.3) is 0 Å². The summed E-state index contributed by atoms with van der Waals surface area (Å²) in [5.41, 5.74) is 0. The molecule has 2 rings (SSSR count). The molecule has 0 aromatic carbocycles. The highest BCUT2D eigenvalue weighted by Gasteiger charge is 2.41. The third-order valence-electron chi connectivity index (χ3n) is 1.60. The van der Waals surface area contributed by atoms with Crippen molar-refractivity contribution in [1.29, 1.82) is 0 Å². The molecule has 0 amide bonds. The van der Waals surface area contributed by atoms with Crippen molar-refractivity contribution in [2.24, 2.45) is 0 Å². The topological polar surface area (TPSA) is 21.3 Å². The summed E-state index contributed by atoms with van der Waals surface area (Å²) in [6.07, 6.45) is 0. The fourth-order valence-corrected chi connectivity index (χ4v) is 2.14. The molecule has 46 valence electrons. The maximum Gasteiger partial charge on any atom is 0.138 e. The van der Waals surface area contributed by atoms with Gasteiger partial charge in [-0.1, -0.05) is 0 Å². The summed E-state index contributed by atoms with van der Waals surface area (Å²) in [5, 5.41) is 3.20. The van der Waals surface area contributed by atoms with E-state index in [0.717, 1.165) is 19.7 Å². The van der Waals surface area contributed by atoms with Crippen molar-refractivity contribution in [3.63, 3.8) is 0 Å². The SMILES string of the molecule is C1CSC2(CNC2)O1. The lowest BCUT2D eigenvalue weighted by Crippen LogP contribution is -2.56. The van der Waals surface area contributed by atoms with Crippen LogP contribution in [-0.2, 0) is 4.74 Å². The first kappa shape index (κ1) is 5.09. The van der Waals surface area contributed by atoms with E-state index in [1.807, 2.05) is 11.8 Å². The number of ether oxygens (including phenoxy) is 1. The van der Waals surface area contributed by atoms with Crippen molar-refractivity contribution < 1.29 is 4.74 Å². The van der Waals surface area contributed by atoms with Gasteiger partial charge < -0.3 is 10.1 Å². The molecule has 2 fully saturated rings. The predicted molar refractivity (Wildman–Crippen MR) is 34.0 cm³/mol. The molecule has 0 atom stereocenters. The van der Waals surface area contributed by atoms with E-state index in [0.29, 0.717) is 0 Å². The van der Waals surface area contributed by atoms with E-state index in [1.165, 1.54) is 5.75 Å². The van der Waals surface area contributed by atoms with Crippen molar-refractivity contribution in [3.05, 3.63) is 0 Å². The van der Waals surface area contributed by atoms with Crippen molar-refractivity contribution in [2.45, 2.75) is 4.93 Å². The van der Waals surface area contributed by atoms with E-state index >= 15 is 0 Å². The molecule has 0 aromatic rings. The Morgan fingerprint density at radius 2 is 2.38 bits per heavy atom. The molecule has 0 radical (unpaired) electrons. The highest BCUT2D eigenvalue weighted by atomic mass is 32.2. The average molecular weight is 131 g/mol. The van der Waals surface area contributed by atoms with E-state index in [1.54, 1.807) is 0 Å². The highest BCUT2D eigenvalue weighted by molar-refractivity contribution is 8.00. The Bertz CT molecular complexity index is 94.6. The van der Waals surface area contributed by atoms with Gasteiger partial charge >= 0.3 is 0 Å². The lowest BCUT2D eigenvalue weighted by Gasteiger charge is -2.36. The zero-order valence-electron chi connectivity index (χ0n) is 4.64. The molecule has 2 saturated heterocycles. The number of hydrogen-bond acceptors (Lipinski definition) is 3. The molecular formula is C5H9NOS. The van der Waals surface area contributed by atoms with Crippen LogP contribution in [0, 0.1) is 0 Å². The second-order valence-electron chi connectivity index (χ2n) is 2.21. The first-order valence-corrected chi connectivity index (χ1v) is 3.89. The molecule has 1 spiro atoms. The van der Waals surface area contributed by atoms with Crippen molar-refractivity contribution >= 4 is 11.8 Å². The van der Waals surface area contributed by atoms with Crippen molar-refractivity contribution in [3.8, 4) is 0 Å². The van der Waals surface area contributed by atoms with Gasteiger partial charge in [0.05, 0.1) is 6.61 Å². The minimum Gasteiger partial charge on any atom is -0.361 e. The first-order valence-electron chi connectivity index (χ1n) is 2.90. The molecule has 0 unspecified atom stereocenters. The third-order valence-corrected chi connectivity index (χ3v) is 2.91. The second-order valence-corrected chi connectivity index (χ2v) is 3.65. The fraction of sp³-hybridized carbons (Fsp3) is 1.00. The maximum atomic E-state index is 5.48. The van der Waals surface area contributed by atoms with Crippen LogP contribution in [0.3, 0.4) is 0 Å². The number of hydrogen-bond donors (Lipinski definition) is 1. The van der Waals surface area contributed by atoms with Gasteiger partial charge in [0.1, 0.15) is 4.93 Å². The summed E-state index contributed by atoms with van der Waals surface area (Å²) >= 11 is 1.95. The largest absolute Gasteiger partial charge is 0.361 e. The molecule has 0 aliphatic carbocycles. The van der Waals surface area contributed by atoms with Gasteiger partial charge in [0, 0.05) is 18.8 Å². The van der Waals surface area contributed by atoms with Crippen LogP contribution in [0.1, 0.15) is 0 Å². The van der Waals surface area contributed by atoms with E-state index in [2.05, 4.69) is 5.32 Å². The van der Waals surface area contributed by atoms with Crippen LogP contribution in [0.15, 0.2) is 0 Å². The minimum absolute atomic E-state index is 0.222. The molecular weight excluding hydrogens is 122 g/mol. The molecule has 3 heteroatoms. The van der Waals surface area contributed by atoms with E-state index in [-0.39, 0.29) is 4.93 Å².